The SMILES string of the molecule is CCCCCCCCCCC[C@@H](CC(=O)N[C@H]1C(O)O[C@H](CO)[C@@H](OSOO[O-])[C@@H]1OC(=O)CCCCCCCCc1ccccc1)OC(=O)CCc1ccccc1.[Na+]. The normalized spacial score (nSPS) is 19.4. The molecule has 2 aromatic rings. The van der Waals surface area contributed by atoms with Crippen LogP contribution in [-0.4, -0.2) is 71.4 Å². The van der Waals surface area contributed by atoms with Gasteiger partial charge in [-0.15, -0.1) is 4.33 Å². The van der Waals surface area contributed by atoms with E-state index in [1.54, 1.807) is 0 Å². The van der Waals surface area contributed by atoms with E-state index in [9.17, 15) is 29.9 Å². The molecule has 0 saturated carbocycles. The Kier molecular flexibility index (Phi) is 30.2. The number of ether oxygens (including phenoxy) is 3. The quantitative estimate of drug-likeness (QED) is 0.0239. The minimum Gasteiger partial charge on any atom is -0.691 e. The molecule has 0 radical (unpaired) electrons. The van der Waals surface area contributed by atoms with E-state index in [1.165, 1.54) is 37.7 Å². The molecule has 3 rings (SSSR count). The molecule has 3 N–H and O–H groups in total. The van der Waals surface area contributed by atoms with E-state index in [0.717, 1.165) is 69.8 Å². The summed E-state index contributed by atoms with van der Waals surface area (Å²) in [6.07, 6.45) is 11.2. The number of rotatable bonds is 32. The van der Waals surface area contributed by atoms with Crippen LogP contribution < -0.4 is 40.1 Å². The van der Waals surface area contributed by atoms with Gasteiger partial charge in [-0.1, -0.05) is 145 Å². The molecule has 13 nitrogen and oxygen atoms in total. The second kappa shape index (κ2) is 33.5. The summed E-state index contributed by atoms with van der Waals surface area (Å²) in [5.74, 6) is -1.60. The summed E-state index contributed by atoms with van der Waals surface area (Å²) in [7, 11) is 0. The van der Waals surface area contributed by atoms with E-state index in [-0.39, 0.29) is 61.1 Å². The second-order valence-corrected chi connectivity index (χ2v) is 15.6. The number of carbonyl (C=O) groups is 3. The smallest absolute Gasteiger partial charge is 0.691 e. The van der Waals surface area contributed by atoms with Crippen LogP contribution >= 0.6 is 12.3 Å². The van der Waals surface area contributed by atoms with Crippen LogP contribution in [0.15, 0.2) is 60.7 Å². The molecular weight excluding hydrogens is 790 g/mol. The van der Waals surface area contributed by atoms with Crippen LogP contribution in [-0.2, 0) is 55.0 Å². The van der Waals surface area contributed by atoms with Crippen molar-refractivity contribution in [3.63, 3.8) is 0 Å². The Morgan fingerprint density at radius 2 is 1.34 bits per heavy atom. The first-order chi connectivity index (χ1) is 28.3. The Labute approximate surface area is 377 Å². The van der Waals surface area contributed by atoms with Crippen molar-refractivity contribution >= 4 is 30.2 Å². The average molecular weight is 856 g/mol. The summed E-state index contributed by atoms with van der Waals surface area (Å²) in [6, 6.07) is 18.6. The summed E-state index contributed by atoms with van der Waals surface area (Å²) < 4.78 is 27.0. The predicted molar refractivity (Wildman–Crippen MR) is 218 cm³/mol. The topological polar surface area (TPSA) is 182 Å². The number of nitrogens with one attached hydrogen (secondary N) is 1. The Morgan fingerprint density at radius 1 is 0.763 bits per heavy atom. The van der Waals surface area contributed by atoms with Gasteiger partial charge < -0.3 is 35.0 Å². The van der Waals surface area contributed by atoms with Crippen LogP contribution in [0.2, 0.25) is 0 Å². The van der Waals surface area contributed by atoms with E-state index in [4.69, 9.17) is 18.4 Å². The molecule has 0 aliphatic carbocycles. The van der Waals surface area contributed by atoms with Gasteiger partial charge in [-0.25, -0.2) is 0 Å². The van der Waals surface area contributed by atoms with Gasteiger partial charge in [0.05, 0.1) is 13.0 Å². The maximum Gasteiger partial charge on any atom is 1.00 e. The number of aliphatic hydroxyl groups excluding tert-OH is 2. The number of esters is 2. The van der Waals surface area contributed by atoms with Gasteiger partial charge in [-0.3, -0.25) is 23.6 Å². The predicted octanol–water partition coefficient (Wildman–Crippen LogP) is 4.10. The van der Waals surface area contributed by atoms with E-state index < -0.39 is 61.2 Å². The Morgan fingerprint density at radius 3 is 1.95 bits per heavy atom. The van der Waals surface area contributed by atoms with E-state index in [1.807, 2.05) is 48.5 Å². The van der Waals surface area contributed by atoms with E-state index in [0.29, 0.717) is 19.3 Å². The molecular formula is C44H66NNaO12S. The van der Waals surface area contributed by atoms with Crippen molar-refractivity contribution in [2.75, 3.05) is 6.61 Å². The molecule has 0 aromatic heterocycles. The molecule has 1 aliphatic rings. The van der Waals surface area contributed by atoms with Crippen molar-refractivity contribution in [2.45, 2.75) is 179 Å². The number of hydrogen-bond acceptors (Lipinski definition) is 13. The van der Waals surface area contributed by atoms with E-state index >= 15 is 0 Å². The summed E-state index contributed by atoms with van der Waals surface area (Å²) in [5, 5.41) is 37.6. The van der Waals surface area contributed by atoms with Crippen LogP contribution in [0.1, 0.15) is 140 Å². The summed E-state index contributed by atoms with van der Waals surface area (Å²) in [5.41, 5.74) is 2.32. The fourth-order valence-corrected chi connectivity index (χ4v) is 7.56. The number of aliphatic hydroxyl groups is 2. The van der Waals surface area contributed by atoms with Gasteiger partial charge >= 0.3 is 41.5 Å². The molecule has 1 saturated heterocycles. The van der Waals surface area contributed by atoms with E-state index in [2.05, 4.69) is 33.7 Å². The second-order valence-electron chi connectivity index (χ2n) is 15.1. The number of unbranched alkanes of at least 4 members (excludes halogenated alkanes) is 13. The molecule has 1 fully saturated rings. The van der Waals surface area contributed by atoms with Crippen molar-refractivity contribution in [2.24, 2.45) is 0 Å². The van der Waals surface area contributed by atoms with Gasteiger partial charge in [0.25, 0.3) is 0 Å². The van der Waals surface area contributed by atoms with Crippen molar-refractivity contribution in [1.82, 2.24) is 5.32 Å². The molecule has 15 heteroatoms. The third kappa shape index (κ3) is 23.1. The number of amides is 1. The molecule has 1 amide bonds. The molecule has 0 spiro atoms. The maximum atomic E-state index is 13.6. The fourth-order valence-electron chi connectivity index (χ4n) is 7.18. The maximum absolute atomic E-state index is 13.6. The zero-order chi connectivity index (χ0) is 41.6. The Bertz CT molecular complexity index is 1380. The molecule has 1 aliphatic heterocycles. The summed E-state index contributed by atoms with van der Waals surface area (Å²) >= 11 is 0.132. The summed E-state index contributed by atoms with van der Waals surface area (Å²) in [6.45, 7) is 1.54. The third-order valence-electron chi connectivity index (χ3n) is 10.4. The van der Waals surface area contributed by atoms with Gasteiger partial charge in [-0.05, 0) is 49.7 Å². The molecule has 0 bridgehead atoms. The van der Waals surface area contributed by atoms with Gasteiger partial charge in [-0.2, -0.15) is 0 Å². The number of hydrogen-bond donors (Lipinski definition) is 3. The van der Waals surface area contributed by atoms with Gasteiger partial charge in [0.2, 0.25) is 5.91 Å². The molecule has 2 aromatic carbocycles. The minimum atomic E-state index is -1.71. The zero-order valence-corrected chi connectivity index (χ0v) is 38.0. The van der Waals surface area contributed by atoms with Crippen molar-refractivity contribution in [3.05, 3.63) is 71.8 Å². The first-order valence-corrected chi connectivity index (χ1v) is 22.0. The number of aryl methyl sites for hydroxylation is 2. The first kappa shape index (κ1) is 53.1. The largest absolute Gasteiger partial charge is 1.00 e. The Hall–Kier alpha value is -2.08. The molecule has 59 heavy (non-hydrogen) atoms. The summed E-state index contributed by atoms with van der Waals surface area (Å²) in [4.78, 5) is 39.8. The third-order valence-corrected chi connectivity index (χ3v) is 10.8. The number of benzene rings is 2. The van der Waals surface area contributed by atoms with Crippen LogP contribution in [0.4, 0.5) is 0 Å². The molecule has 6 atom stereocenters. The molecule has 326 valence electrons. The van der Waals surface area contributed by atoms with Gasteiger partial charge in [0.1, 0.15) is 24.4 Å². The van der Waals surface area contributed by atoms with Gasteiger partial charge in [0.15, 0.2) is 24.7 Å². The first-order valence-electron chi connectivity index (χ1n) is 21.3. The standard InChI is InChI=1S/C44H67NO12S.Na/c1-2-3-4-5-6-7-8-12-21-28-36(52-40(49)31-30-35-26-19-15-20-27-35)32-38(47)45-41-43(42(55-58-57-56-51)37(33-46)53-44(41)50)54-39(48)29-22-13-10-9-11-16-23-34-24-17-14-18-25-34;/h14-15,17-20,24-27,36-37,41-44,46,50-51H,2-13,16,21-23,28-33H2,1H3,(H,45,47);/q;+1/p-1/t36-,37+,41+,42+,43+,44?;/m0./s1. The fraction of sp³-hybridized carbons (Fsp3) is 0.659. The van der Waals surface area contributed by atoms with Crippen LogP contribution in [0.25, 0.3) is 0 Å². The van der Waals surface area contributed by atoms with Crippen molar-refractivity contribution in [3.8, 4) is 0 Å². The van der Waals surface area contributed by atoms with Gasteiger partial charge in [0, 0.05) is 12.8 Å². The van der Waals surface area contributed by atoms with Crippen molar-refractivity contribution in [1.29, 1.82) is 0 Å². The zero-order valence-electron chi connectivity index (χ0n) is 35.2. The monoisotopic (exact) mass is 855 g/mol. The number of carbonyl (C=O) groups excluding carboxylic acids is 3. The molecule has 1 unspecified atom stereocenters. The van der Waals surface area contributed by atoms with Crippen LogP contribution in [0, 0.1) is 0 Å². The van der Waals surface area contributed by atoms with Crippen LogP contribution in [0.5, 0.6) is 0 Å². The minimum absolute atomic E-state index is 0. The average Bonchev–Trinajstić information content (AvgIpc) is 3.23. The van der Waals surface area contributed by atoms with Crippen molar-refractivity contribution < 1.29 is 87.2 Å². The van der Waals surface area contributed by atoms with Crippen LogP contribution in [0.3, 0.4) is 0 Å². The molecule has 1 heterocycles. The Balaban J connectivity index is 0.0000120.